The van der Waals surface area contributed by atoms with E-state index in [1.165, 1.54) is 31.2 Å². The Hall–Kier alpha value is -4.08. The van der Waals surface area contributed by atoms with Crippen LogP contribution in [0, 0.1) is 0 Å². The van der Waals surface area contributed by atoms with Crippen LogP contribution in [0.15, 0.2) is 54.6 Å². The summed E-state index contributed by atoms with van der Waals surface area (Å²) in [4.78, 5) is 24.5. The molecule has 3 aromatic carbocycles. The molecule has 0 amide bonds. The summed E-state index contributed by atoms with van der Waals surface area (Å²) < 4.78 is 11.8. The predicted molar refractivity (Wildman–Crippen MR) is 143 cm³/mol. The van der Waals surface area contributed by atoms with Crippen LogP contribution in [0.4, 0.5) is 0 Å². The average molecular weight is 536 g/mol. The average Bonchev–Trinajstić information content (AvgIpc) is 3.38. The van der Waals surface area contributed by atoms with Gasteiger partial charge >= 0.3 is 5.97 Å². The number of carbonyl (C=O) groups excluding carboxylic acids is 1. The lowest BCUT2D eigenvalue weighted by molar-refractivity contribution is -0.136. The number of phenolic OH excluding ortho intramolecular Hbond substituents is 2. The van der Waals surface area contributed by atoms with Gasteiger partial charge in [0.15, 0.2) is 5.78 Å². The summed E-state index contributed by atoms with van der Waals surface area (Å²) in [5, 5.41) is 39.9. The van der Waals surface area contributed by atoms with Gasteiger partial charge in [-0.25, -0.2) is 0 Å². The van der Waals surface area contributed by atoms with E-state index < -0.39 is 17.5 Å². The normalized spacial score (nSPS) is 15.1. The van der Waals surface area contributed by atoms with Crippen LogP contribution in [0.25, 0.3) is 0 Å². The van der Waals surface area contributed by atoms with Gasteiger partial charge in [-0.05, 0) is 86.6 Å². The Labute approximate surface area is 226 Å². The number of hydrogen-bond donors (Lipinski definition) is 5. The lowest BCUT2D eigenvalue weighted by atomic mass is 9.98. The third-order valence-corrected chi connectivity index (χ3v) is 6.75. The zero-order valence-electron chi connectivity index (χ0n) is 21.7. The second kappa shape index (κ2) is 11.8. The van der Waals surface area contributed by atoms with E-state index in [4.69, 9.17) is 15.2 Å². The fourth-order valence-corrected chi connectivity index (χ4v) is 4.69. The van der Waals surface area contributed by atoms with Crippen molar-refractivity contribution < 1.29 is 39.5 Å². The molecule has 0 saturated heterocycles. The van der Waals surface area contributed by atoms with E-state index in [1.54, 1.807) is 30.3 Å². The topological polar surface area (TPSA) is 160 Å². The highest BCUT2D eigenvalue weighted by atomic mass is 16.5. The summed E-state index contributed by atoms with van der Waals surface area (Å²) in [5.41, 5.74) is 5.59. The van der Waals surface area contributed by atoms with E-state index in [2.05, 4.69) is 0 Å². The number of carboxylic acids is 1. The number of phenols is 2. The third kappa shape index (κ3) is 7.07. The molecule has 4 rings (SSSR count). The number of aliphatic carboxylic acids is 1. The Morgan fingerprint density at radius 1 is 1.00 bits per heavy atom. The van der Waals surface area contributed by atoms with Gasteiger partial charge in [0.1, 0.15) is 35.3 Å². The summed E-state index contributed by atoms with van der Waals surface area (Å²) in [7, 11) is 0. The molecule has 0 radical (unpaired) electrons. The van der Waals surface area contributed by atoms with E-state index in [0.717, 1.165) is 25.7 Å². The van der Waals surface area contributed by atoms with Gasteiger partial charge in [0.2, 0.25) is 0 Å². The van der Waals surface area contributed by atoms with E-state index in [9.17, 15) is 30.0 Å². The quantitative estimate of drug-likeness (QED) is 0.177. The highest BCUT2D eigenvalue weighted by Crippen LogP contribution is 2.32. The van der Waals surface area contributed by atoms with Crippen molar-refractivity contribution in [1.82, 2.24) is 0 Å². The number of aryl methyl sites for hydroxylation is 1. The van der Waals surface area contributed by atoms with Crippen molar-refractivity contribution in [1.29, 1.82) is 0 Å². The molecule has 9 heteroatoms. The molecule has 6 N–H and O–H groups in total. The number of benzene rings is 3. The van der Waals surface area contributed by atoms with Gasteiger partial charge in [0.05, 0.1) is 11.7 Å². The lowest BCUT2D eigenvalue weighted by Gasteiger charge is -2.19. The molecule has 0 bridgehead atoms. The first-order valence-corrected chi connectivity index (χ1v) is 12.9. The minimum absolute atomic E-state index is 0.0389. The molecule has 3 aromatic rings. The Bertz CT molecular complexity index is 1360. The molecule has 1 aliphatic carbocycles. The van der Waals surface area contributed by atoms with Gasteiger partial charge < -0.3 is 29.9 Å². The minimum Gasteiger partial charge on any atom is -0.507 e. The number of carbonyl (C=O) groups is 2. The SMILES string of the molecule is CC(N)(O)c1ccc(COc2ccc(C(=O)c3ccc(OC4CCCC4)cc3O)cc2CCC(=O)O)cc1O. The summed E-state index contributed by atoms with van der Waals surface area (Å²) in [6, 6.07) is 13.9. The number of rotatable bonds is 11. The molecule has 1 unspecified atom stereocenters. The number of hydrogen-bond acceptors (Lipinski definition) is 8. The Morgan fingerprint density at radius 2 is 1.74 bits per heavy atom. The molecule has 0 spiro atoms. The molecular formula is C30H33NO8. The molecule has 39 heavy (non-hydrogen) atoms. The highest BCUT2D eigenvalue weighted by Gasteiger charge is 2.22. The number of aliphatic hydroxyl groups is 1. The van der Waals surface area contributed by atoms with Gasteiger partial charge in [0.25, 0.3) is 0 Å². The highest BCUT2D eigenvalue weighted by molar-refractivity contribution is 6.11. The molecule has 206 valence electrons. The number of aromatic hydroxyl groups is 2. The Kier molecular flexibility index (Phi) is 8.42. The fourth-order valence-electron chi connectivity index (χ4n) is 4.69. The van der Waals surface area contributed by atoms with Gasteiger partial charge in [0, 0.05) is 23.6 Å². The number of ketones is 1. The largest absolute Gasteiger partial charge is 0.507 e. The predicted octanol–water partition coefficient (Wildman–Crippen LogP) is 4.37. The first kappa shape index (κ1) is 27.9. The van der Waals surface area contributed by atoms with Crippen LogP contribution >= 0.6 is 0 Å². The molecule has 9 nitrogen and oxygen atoms in total. The van der Waals surface area contributed by atoms with Gasteiger partial charge in [-0.1, -0.05) is 12.1 Å². The second-order valence-electron chi connectivity index (χ2n) is 10.0. The smallest absolute Gasteiger partial charge is 0.303 e. The minimum atomic E-state index is -1.70. The van der Waals surface area contributed by atoms with Gasteiger partial charge in [-0.3, -0.25) is 15.3 Å². The number of ether oxygens (including phenoxy) is 2. The van der Waals surface area contributed by atoms with Crippen LogP contribution in [0.5, 0.6) is 23.0 Å². The summed E-state index contributed by atoms with van der Waals surface area (Å²) in [6.07, 6.45) is 4.23. The maximum atomic E-state index is 13.2. The standard InChI is InChI=1S/C30H33NO8/c1-30(31,37)24-11-6-18(14-26(24)33)17-38-27-12-7-20(15-19(27)8-13-28(34)35)29(36)23-10-9-22(16-25(23)32)39-21-4-2-3-5-21/h6-7,9-12,14-16,21,32-33,37H,2-5,8,13,17,31H2,1H3,(H,34,35). The van der Waals surface area contributed by atoms with Crippen LogP contribution in [-0.2, 0) is 23.5 Å². The van der Waals surface area contributed by atoms with Crippen molar-refractivity contribution in [3.63, 3.8) is 0 Å². The molecule has 0 heterocycles. The van der Waals surface area contributed by atoms with Gasteiger partial charge in [-0.2, -0.15) is 0 Å². The van der Waals surface area contributed by atoms with Crippen molar-refractivity contribution in [2.75, 3.05) is 0 Å². The fraction of sp³-hybridized carbons (Fsp3) is 0.333. The first-order valence-electron chi connectivity index (χ1n) is 12.9. The van der Waals surface area contributed by atoms with Crippen LogP contribution in [0.3, 0.4) is 0 Å². The summed E-state index contributed by atoms with van der Waals surface area (Å²) in [6.45, 7) is 1.39. The van der Waals surface area contributed by atoms with Crippen molar-refractivity contribution in [3.05, 3.63) is 82.4 Å². The number of nitrogens with two attached hydrogens (primary N) is 1. The van der Waals surface area contributed by atoms with E-state index >= 15 is 0 Å². The zero-order chi connectivity index (χ0) is 28.2. The summed E-state index contributed by atoms with van der Waals surface area (Å²) >= 11 is 0. The number of carboxylic acid groups (broad SMARTS) is 1. The third-order valence-electron chi connectivity index (χ3n) is 6.75. The van der Waals surface area contributed by atoms with E-state index in [-0.39, 0.29) is 53.7 Å². The molecular weight excluding hydrogens is 502 g/mol. The molecule has 1 atom stereocenters. The Balaban J connectivity index is 1.52. The lowest BCUT2D eigenvalue weighted by Crippen LogP contribution is -2.32. The monoisotopic (exact) mass is 535 g/mol. The van der Waals surface area contributed by atoms with Crippen molar-refractivity contribution in [2.45, 2.75) is 63.9 Å². The van der Waals surface area contributed by atoms with Gasteiger partial charge in [-0.15, -0.1) is 0 Å². The molecule has 0 aromatic heterocycles. The molecule has 1 aliphatic rings. The van der Waals surface area contributed by atoms with Crippen LogP contribution in [-0.4, -0.2) is 38.3 Å². The van der Waals surface area contributed by atoms with Crippen molar-refractivity contribution in [3.8, 4) is 23.0 Å². The first-order chi connectivity index (χ1) is 18.5. The van der Waals surface area contributed by atoms with Crippen LogP contribution in [0.2, 0.25) is 0 Å². The zero-order valence-corrected chi connectivity index (χ0v) is 21.7. The van der Waals surface area contributed by atoms with E-state index in [1.807, 2.05) is 0 Å². The second-order valence-corrected chi connectivity index (χ2v) is 10.0. The molecule has 1 fully saturated rings. The summed E-state index contributed by atoms with van der Waals surface area (Å²) in [5.74, 6) is -0.902. The van der Waals surface area contributed by atoms with E-state index in [0.29, 0.717) is 22.6 Å². The van der Waals surface area contributed by atoms with Crippen LogP contribution < -0.4 is 15.2 Å². The molecule has 1 saturated carbocycles. The van der Waals surface area contributed by atoms with Crippen LogP contribution in [0.1, 0.15) is 71.6 Å². The Morgan fingerprint density at radius 3 is 2.38 bits per heavy atom. The maximum Gasteiger partial charge on any atom is 0.303 e. The van der Waals surface area contributed by atoms with Crippen molar-refractivity contribution >= 4 is 11.8 Å². The maximum absolute atomic E-state index is 13.2. The van der Waals surface area contributed by atoms with Crippen molar-refractivity contribution in [2.24, 2.45) is 5.73 Å². The molecule has 0 aliphatic heterocycles.